The van der Waals surface area contributed by atoms with Gasteiger partial charge in [-0.25, -0.2) is 4.68 Å². The number of H-pyrrole nitrogens is 1. The van der Waals surface area contributed by atoms with Gasteiger partial charge >= 0.3 is 6.18 Å². The molecule has 0 radical (unpaired) electrons. The van der Waals surface area contributed by atoms with Gasteiger partial charge in [0.25, 0.3) is 5.56 Å². The zero-order valence-corrected chi connectivity index (χ0v) is 22.5. The first-order valence-corrected chi connectivity index (χ1v) is 13.5. The summed E-state index contributed by atoms with van der Waals surface area (Å²) in [6, 6.07) is 25.8. The molecule has 3 N–H and O–H groups in total. The summed E-state index contributed by atoms with van der Waals surface area (Å²) in [4.78, 5) is 15.3. The minimum Gasteiger partial charge on any atom is -0.392 e. The van der Waals surface area contributed by atoms with Crippen molar-refractivity contribution in [2.24, 2.45) is 5.92 Å². The molecule has 41 heavy (non-hydrogen) atoms. The van der Waals surface area contributed by atoms with Crippen molar-refractivity contribution < 1.29 is 23.4 Å². The highest BCUT2D eigenvalue weighted by Crippen LogP contribution is 2.52. The van der Waals surface area contributed by atoms with Crippen LogP contribution in [0.3, 0.4) is 0 Å². The Bertz CT molecular complexity index is 1650. The second kappa shape index (κ2) is 9.78. The van der Waals surface area contributed by atoms with Gasteiger partial charge in [-0.2, -0.15) is 13.2 Å². The van der Waals surface area contributed by atoms with Crippen LogP contribution in [-0.2, 0) is 18.0 Å². The number of halogens is 3. The number of alkyl halides is 3. The van der Waals surface area contributed by atoms with Crippen LogP contribution in [-0.4, -0.2) is 39.2 Å². The molecule has 3 aromatic carbocycles. The number of nitrogens with zero attached hydrogens (tertiary/aromatic N) is 2. The van der Waals surface area contributed by atoms with Crippen molar-refractivity contribution in [3.63, 3.8) is 0 Å². The van der Waals surface area contributed by atoms with Crippen molar-refractivity contribution in [3.05, 3.63) is 129 Å². The van der Waals surface area contributed by atoms with Gasteiger partial charge in [0.15, 0.2) is 0 Å². The van der Waals surface area contributed by atoms with Crippen LogP contribution >= 0.6 is 0 Å². The highest BCUT2D eigenvalue weighted by atomic mass is 19.4. The summed E-state index contributed by atoms with van der Waals surface area (Å²) < 4.78 is 43.1. The summed E-state index contributed by atoms with van der Waals surface area (Å²) in [7, 11) is 1.91. The monoisotopic (exact) mass is 561 g/mol. The quantitative estimate of drug-likeness (QED) is 0.315. The van der Waals surface area contributed by atoms with Crippen molar-refractivity contribution >= 4 is 5.69 Å². The number of rotatable bonds is 5. The SMILES string of the molecule is CN1C(=CC2C(O)C(c3c(C(F)(F)F)[nH]n(-c4ccccc4)c3=O)C2O)C(C)(Cc2ccccc2)c2ccccc21. The number of likely N-dealkylation sites (N-methyl/N-ethyl adjacent to an activating group) is 1. The number of hydrogen-bond donors (Lipinski definition) is 3. The first-order chi connectivity index (χ1) is 19.5. The molecule has 6 nitrogen and oxygen atoms in total. The lowest BCUT2D eigenvalue weighted by molar-refractivity contribution is -0.145. The predicted molar refractivity (Wildman–Crippen MR) is 150 cm³/mol. The van der Waals surface area contributed by atoms with Crippen molar-refractivity contribution in [2.45, 2.75) is 43.1 Å². The van der Waals surface area contributed by atoms with E-state index < -0.39 is 52.5 Å². The number of aliphatic hydroxyl groups excluding tert-OH is 2. The molecule has 9 heteroatoms. The number of aromatic nitrogens is 2. The molecule has 6 rings (SSSR count). The van der Waals surface area contributed by atoms with E-state index in [4.69, 9.17) is 0 Å². The van der Waals surface area contributed by atoms with E-state index in [-0.39, 0.29) is 5.69 Å². The lowest BCUT2D eigenvalue weighted by Crippen LogP contribution is -2.55. The summed E-state index contributed by atoms with van der Waals surface area (Å²) in [5, 5.41) is 24.7. The summed E-state index contributed by atoms with van der Waals surface area (Å²) in [5.74, 6) is -2.28. The molecule has 2 aliphatic rings. The molecule has 2 heterocycles. The molecule has 4 aromatic rings. The average molecular weight is 562 g/mol. The second-order valence-electron chi connectivity index (χ2n) is 11.1. The van der Waals surface area contributed by atoms with Gasteiger partial charge in [-0.05, 0) is 42.7 Å². The summed E-state index contributed by atoms with van der Waals surface area (Å²) >= 11 is 0. The third-order valence-electron chi connectivity index (χ3n) is 8.62. The van der Waals surface area contributed by atoms with Crippen LogP contribution in [0.5, 0.6) is 0 Å². The number of aromatic amines is 1. The summed E-state index contributed by atoms with van der Waals surface area (Å²) in [5.41, 5.74) is 0.808. The number of aliphatic hydroxyl groups is 2. The Morgan fingerprint density at radius 3 is 2.15 bits per heavy atom. The molecule has 212 valence electrons. The number of allylic oxidation sites excluding steroid dienone is 1. The number of benzene rings is 3. The Balaban J connectivity index is 1.39. The number of nitrogens with one attached hydrogen (secondary N) is 1. The molecule has 0 spiro atoms. The Morgan fingerprint density at radius 1 is 0.927 bits per heavy atom. The Labute approximate surface area is 235 Å². The molecule has 0 bridgehead atoms. The Kier molecular flexibility index (Phi) is 6.47. The Morgan fingerprint density at radius 2 is 1.51 bits per heavy atom. The maximum Gasteiger partial charge on any atom is 0.433 e. The standard InChI is InChI=1S/C32H30F3N3O3/c1-31(18-19-11-5-3-6-12-19)22-15-9-10-16-23(22)37(2)24(31)17-21-27(39)25(28(21)40)26-29(32(33,34)35)36-38(30(26)41)20-13-7-4-8-14-20/h3-17,21,25,27-28,36,39-40H,18H2,1-2H3. The number of para-hydroxylation sites is 2. The zero-order valence-electron chi connectivity index (χ0n) is 22.5. The van der Waals surface area contributed by atoms with E-state index in [0.717, 1.165) is 27.2 Å². The highest BCUT2D eigenvalue weighted by Gasteiger charge is 2.55. The zero-order chi connectivity index (χ0) is 29.1. The molecule has 1 saturated carbocycles. The fraction of sp³-hybridized carbons (Fsp3) is 0.281. The first kappa shape index (κ1) is 27.1. The van der Waals surface area contributed by atoms with Gasteiger partial charge in [0, 0.05) is 35.7 Å². The third-order valence-corrected chi connectivity index (χ3v) is 8.62. The fourth-order valence-electron chi connectivity index (χ4n) is 6.55. The molecular formula is C32H30F3N3O3. The Hall–Kier alpha value is -4.08. The number of fused-ring (bicyclic) bond motifs is 1. The highest BCUT2D eigenvalue weighted by molar-refractivity contribution is 5.70. The van der Waals surface area contributed by atoms with Crippen LogP contribution in [0.1, 0.15) is 35.2 Å². The predicted octanol–water partition coefficient (Wildman–Crippen LogP) is 5.15. The fourth-order valence-corrected chi connectivity index (χ4v) is 6.55. The minimum atomic E-state index is -4.89. The van der Waals surface area contributed by atoms with Gasteiger partial charge in [0.1, 0.15) is 5.69 Å². The van der Waals surface area contributed by atoms with Crippen molar-refractivity contribution in [1.82, 2.24) is 9.78 Å². The average Bonchev–Trinajstić information content (AvgIpc) is 3.40. The van der Waals surface area contributed by atoms with Gasteiger partial charge in [0.05, 0.1) is 23.5 Å². The molecule has 1 fully saturated rings. The lowest BCUT2D eigenvalue weighted by atomic mass is 9.64. The third kappa shape index (κ3) is 4.31. The van der Waals surface area contributed by atoms with Crippen LogP contribution < -0.4 is 10.5 Å². The van der Waals surface area contributed by atoms with Crippen molar-refractivity contribution in [3.8, 4) is 5.69 Å². The van der Waals surface area contributed by atoms with Crippen LogP contribution in [0, 0.1) is 5.92 Å². The van der Waals surface area contributed by atoms with Crippen LogP contribution in [0.4, 0.5) is 18.9 Å². The molecule has 3 unspecified atom stereocenters. The molecule has 0 saturated heterocycles. The van der Waals surface area contributed by atoms with E-state index in [1.807, 2.05) is 66.5 Å². The molecule has 1 aromatic heterocycles. The maximum absolute atomic E-state index is 14.1. The smallest absolute Gasteiger partial charge is 0.392 e. The summed E-state index contributed by atoms with van der Waals surface area (Å²) in [6.07, 6.45) is -5.28. The first-order valence-electron chi connectivity index (χ1n) is 13.5. The van der Waals surface area contributed by atoms with Crippen LogP contribution in [0.2, 0.25) is 0 Å². The number of anilines is 1. The van der Waals surface area contributed by atoms with Crippen LogP contribution in [0.25, 0.3) is 5.69 Å². The van der Waals surface area contributed by atoms with E-state index in [1.54, 1.807) is 24.3 Å². The summed E-state index contributed by atoms with van der Waals surface area (Å²) in [6.45, 7) is 2.09. The second-order valence-corrected chi connectivity index (χ2v) is 11.1. The van der Waals surface area contributed by atoms with Gasteiger partial charge in [-0.15, -0.1) is 0 Å². The molecular weight excluding hydrogens is 531 g/mol. The van der Waals surface area contributed by atoms with E-state index >= 15 is 0 Å². The molecule has 0 amide bonds. The van der Waals surface area contributed by atoms with Crippen LogP contribution in [0.15, 0.2) is 101 Å². The van der Waals surface area contributed by atoms with E-state index in [2.05, 4.69) is 12.0 Å². The van der Waals surface area contributed by atoms with Crippen molar-refractivity contribution in [2.75, 3.05) is 11.9 Å². The number of hydrogen-bond acceptors (Lipinski definition) is 4. The maximum atomic E-state index is 14.1. The van der Waals surface area contributed by atoms with Gasteiger partial charge < -0.3 is 15.1 Å². The topological polar surface area (TPSA) is 81.5 Å². The molecule has 1 aliphatic carbocycles. The van der Waals surface area contributed by atoms with E-state index in [1.165, 1.54) is 12.1 Å². The lowest BCUT2D eigenvalue weighted by Gasteiger charge is -2.46. The normalized spacial score (nSPS) is 26.7. The molecule has 1 aliphatic heterocycles. The van der Waals surface area contributed by atoms with E-state index in [9.17, 15) is 28.2 Å². The van der Waals surface area contributed by atoms with Gasteiger partial charge in [0.2, 0.25) is 0 Å². The minimum absolute atomic E-state index is 0.221. The van der Waals surface area contributed by atoms with E-state index in [0.29, 0.717) is 6.42 Å². The largest absolute Gasteiger partial charge is 0.433 e. The molecule has 3 atom stereocenters. The van der Waals surface area contributed by atoms with Gasteiger partial charge in [-0.1, -0.05) is 72.8 Å². The van der Waals surface area contributed by atoms with Gasteiger partial charge in [-0.3, -0.25) is 9.89 Å². The van der Waals surface area contributed by atoms with Crippen molar-refractivity contribution in [1.29, 1.82) is 0 Å².